The largest absolute Gasteiger partial charge is 0.482 e. The van der Waals surface area contributed by atoms with E-state index in [9.17, 15) is 22.8 Å². The van der Waals surface area contributed by atoms with Crippen LogP contribution in [0.2, 0.25) is 5.02 Å². The van der Waals surface area contributed by atoms with Gasteiger partial charge in [-0.05, 0) is 67.0 Å². The molecule has 3 aliphatic heterocycles. The number of hydrogen-bond acceptors (Lipinski definition) is 10. The number of ether oxygens (including phenoxy) is 2. The lowest BCUT2D eigenvalue weighted by atomic mass is 9.78. The normalized spacial score (nSPS) is 22.3. The molecule has 2 aromatic heterocycles. The zero-order valence-electron chi connectivity index (χ0n) is 32.2. The Labute approximate surface area is 335 Å². The molecule has 57 heavy (non-hydrogen) atoms. The summed E-state index contributed by atoms with van der Waals surface area (Å²) in [5, 5.41) is 17.0. The number of rotatable bonds is 13. The summed E-state index contributed by atoms with van der Waals surface area (Å²) in [6.45, 7) is 3.95. The Morgan fingerprint density at radius 3 is 2.56 bits per heavy atom. The molecule has 3 atom stereocenters. The minimum Gasteiger partial charge on any atom is -0.482 e. The topological polar surface area (TPSA) is 142 Å². The predicted molar refractivity (Wildman–Crippen MR) is 209 cm³/mol. The van der Waals surface area contributed by atoms with Crippen LogP contribution in [0.15, 0.2) is 66.3 Å². The van der Waals surface area contributed by atoms with Gasteiger partial charge in [0.25, 0.3) is 0 Å². The van der Waals surface area contributed by atoms with Crippen LogP contribution in [0.3, 0.4) is 0 Å². The smallest absolute Gasteiger partial charge is 0.419 e. The van der Waals surface area contributed by atoms with Gasteiger partial charge in [0.05, 0.1) is 30.8 Å². The lowest BCUT2D eigenvalue weighted by Crippen LogP contribution is -2.46. The number of dihydropyridines is 1. The first-order chi connectivity index (χ1) is 27.4. The Bertz CT molecular complexity index is 2050. The second kappa shape index (κ2) is 16.9. The summed E-state index contributed by atoms with van der Waals surface area (Å²) < 4.78 is 55.7. The number of halogens is 4. The van der Waals surface area contributed by atoms with E-state index in [1.807, 2.05) is 36.4 Å². The molecule has 3 aromatic rings. The minimum absolute atomic E-state index is 0.0162. The molecule has 16 heteroatoms. The standard InChI is InChI=1S/C41H48ClF3N8O4/c1-24(54)53-17-13-27(14-18-53)48-21-26-19-33(41(43,44)45)37(51-38(26)56-2)50-35-9-8-29-30(35)5-4-6-31(29)40(32-12-16-46-23-34(32)42)15-11-25(39(52-40)57-3)20-47-22-28-7-10-36(55)49-28/h4-6,11-12,15-16,19,23,27-28,35,47-48,52H,7-10,13-14,17-18,20-22H2,1-3H3,(H,49,55)(H,50,51)/t28-,35-,40?/m1/s1. The van der Waals surface area contributed by atoms with E-state index in [-0.39, 0.29) is 42.1 Å². The van der Waals surface area contributed by atoms with Gasteiger partial charge in [0.15, 0.2) is 5.88 Å². The van der Waals surface area contributed by atoms with E-state index < -0.39 is 23.3 Å². The summed E-state index contributed by atoms with van der Waals surface area (Å²) in [7, 11) is 2.99. The number of hydrogen-bond donors (Lipinski definition) is 5. The SMILES string of the molecule is COC1=C(CNC[C@H]2CCC(=O)N2)C=CC(c2ccncc2Cl)(c2cccc3c2CC[C@H]3Nc2nc(OC)c(CNC3CCN(C(C)=O)CC3)cc2C(F)(F)F)N1. The third kappa shape index (κ3) is 8.56. The molecule has 304 valence electrons. The quantitative estimate of drug-likeness (QED) is 0.151. The maximum Gasteiger partial charge on any atom is 0.419 e. The van der Waals surface area contributed by atoms with Crippen LogP contribution in [-0.2, 0) is 39.0 Å². The van der Waals surface area contributed by atoms with Crippen LogP contribution in [0.25, 0.3) is 0 Å². The van der Waals surface area contributed by atoms with Crippen LogP contribution in [-0.4, -0.2) is 79.2 Å². The highest BCUT2D eigenvalue weighted by Gasteiger charge is 2.42. The van der Waals surface area contributed by atoms with Crippen molar-refractivity contribution in [3.8, 4) is 5.88 Å². The van der Waals surface area contributed by atoms with Gasteiger partial charge < -0.3 is 41.0 Å². The van der Waals surface area contributed by atoms with E-state index in [0.29, 0.717) is 74.8 Å². The number of piperidine rings is 1. The van der Waals surface area contributed by atoms with Gasteiger partial charge in [0, 0.05) is 87.2 Å². The van der Waals surface area contributed by atoms with Gasteiger partial charge in [-0.15, -0.1) is 0 Å². The number of nitrogens with one attached hydrogen (secondary N) is 5. The Morgan fingerprint density at radius 2 is 1.88 bits per heavy atom. The van der Waals surface area contributed by atoms with E-state index >= 15 is 0 Å². The van der Waals surface area contributed by atoms with Gasteiger partial charge in [0.2, 0.25) is 17.7 Å². The van der Waals surface area contributed by atoms with Crippen molar-refractivity contribution < 1.29 is 32.2 Å². The molecule has 2 fully saturated rings. The molecule has 2 amide bonds. The van der Waals surface area contributed by atoms with Crippen molar-refractivity contribution in [3.63, 3.8) is 0 Å². The molecule has 0 bridgehead atoms. The van der Waals surface area contributed by atoms with Crippen molar-refractivity contribution >= 4 is 29.2 Å². The molecule has 5 N–H and O–H groups in total. The van der Waals surface area contributed by atoms with Gasteiger partial charge in [-0.1, -0.05) is 35.9 Å². The number of methoxy groups -OCH3 is 2. The van der Waals surface area contributed by atoms with Crippen molar-refractivity contribution in [1.29, 1.82) is 0 Å². The van der Waals surface area contributed by atoms with Crippen molar-refractivity contribution in [1.82, 2.24) is 36.1 Å². The van der Waals surface area contributed by atoms with Gasteiger partial charge in [0.1, 0.15) is 11.4 Å². The van der Waals surface area contributed by atoms with Gasteiger partial charge in [-0.25, -0.2) is 0 Å². The fourth-order valence-electron chi connectivity index (χ4n) is 8.45. The molecule has 5 heterocycles. The zero-order valence-corrected chi connectivity index (χ0v) is 32.9. The molecule has 4 aliphatic rings. The number of alkyl halides is 3. The average Bonchev–Trinajstić information content (AvgIpc) is 3.82. The van der Waals surface area contributed by atoms with E-state index in [4.69, 9.17) is 21.1 Å². The van der Waals surface area contributed by atoms with Crippen LogP contribution < -0.4 is 31.3 Å². The highest BCUT2D eigenvalue weighted by molar-refractivity contribution is 6.31. The van der Waals surface area contributed by atoms with Gasteiger partial charge >= 0.3 is 6.18 Å². The number of pyridine rings is 2. The number of carbonyl (C=O) groups excluding carboxylic acids is 2. The Morgan fingerprint density at radius 1 is 1.07 bits per heavy atom. The molecule has 0 saturated carbocycles. The first-order valence-corrected chi connectivity index (χ1v) is 19.7. The van der Waals surface area contributed by atoms with Crippen molar-refractivity contribution in [2.45, 2.75) is 81.8 Å². The summed E-state index contributed by atoms with van der Waals surface area (Å²) in [5.41, 5.74) is 2.70. The summed E-state index contributed by atoms with van der Waals surface area (Å²) in [5.74, 6) is 0.403. The Kier molecular flexibility index (Phi) is 12.0. The van der Waals surface area contributed by atoms with Crippen molar-refractivity contribution in [2.24, 2.45) is 0 Å². The molecule has 12 nitrogen and oxygen atoms in total. The lowest BCUT2D eigenvalue weighted by molar-refractivity contribution is -0.137. The molecular formula is C41H48ClF3N8O4. The van der Waals surface area contributed by atoms with Crippen LogP contribution in [0, 0.1) is 0 Å². The third-order valence-corrected chi connectivity index (χ3v) is 11.7. The molecule has 7 rings (SSSR count). The van der Waals surface area contributed by atoms with Crippen molar-refractivity contribution in [3.05, 3.63) is 105 Å². The number of amides is 2. The number of fused-ring (bicyclic) bond motifs is 1. The zero-order chi connectivity index (χ0) is 40.3. The second-order valence-corrected chi connectivity index (χ2v) is 15.3. The molecule has 1 aliphatic carbocycles. The summed E-state index contributed by atoms with van der Waals surface area (Å²) in [4.78, 5) is 33.8. The van der Waals surface area contributed by atoms with Gasteiger partial charge in [-0.3, -0.25) is 14.6 Å². The van der Waals surface area contributed by atoms with Crippen LogP contribution in [0.4, 0.5) is 19.0 Å². The van der Waals surface area contributed by atoms with Gasteiger partial charge in [-0.2, -0.15) is 18.2 Å². The first-order valence-electron chi connectivity index (χ1n) is 19.3. The third-order valence-electron chi connectivity index (χ3n) is 11.4. The highest BCUT2D eigenvalue weighted by atomic mass is 35.5. The Balaban J connectivity index is 1.16. The molecular weight excluding hydrogens is 761 g/mol. The highest BCUT2D eigenvalue weighted by Crippen LogP contribution is 2.46. The molecule has 0 spiro atoms. The lowest BCUT2D eigenvalue weighted by Gasteiger charge is -2.39. The maximum absolute atomic E-state index is 14.8. The number of nitrogens with zero attached hydrogens (tertiary/aromatic N) is 3. The van der Waals surface area contributed by atoms with Crippen LogP contribution in [0.5, 0.6) is 5.88 Å². The molecule has 1 aromatic carbocycles. The average molecular weight is 809 g/mol. The van der Waals surface area contributed by atoms with E-state index in [2.05, 4.69) is 36.6 Å². The fourth-order valence-corrected chi connectivity index (χ4v) is 8.72. The number of carbonyl (C=O) groups is 2. The van der Waals surface area contributed by atoms with Crippen LogP contribution >= 0.6 is 11.6 Å². The monoisotopic (exact) mass is 808 g/mol. The molecule has 1 unspecified atom stereocenters. The summed E-state index contributed by atoms with van der Waals surface area (Å²) >= 11 is 6.87. The van der Waals surface area contributed by atoms with E-state index in [1.54, 1.807) is 24.4 Å². The summed E-state index contributed by atoms with van der Waals surface area (Å²) in [6.07, 6.45) is 6.39. The van der Waals surface area contributed by atoms with Crippen LogP contribution in [0.1, 0.15) is 78.5 Å². The predicted octanol–water partition coefficient (Wildman–Crippen LogP) is 5.49. The molecule has 2 saturated heterocycles. The van der Waals surface area contributed by atoms with E-state index in [0.717, 1.165) is 40.3 Å². The van der Waals surface area contributed by atoms with E-state index in [1.165, 1.54) is 14.0 Å². The summed E-state index contributed by atoms with van der Waals surface area (Å²) in [6, 6.07) is 8.43. The first kappa shape index (κ1) is 40.3. The number of benzene rings is 1. The number of anilines is 1. The maximum atomic E-state index is 14.8. The number of aromatic nitrogens is 2. The minimum atomic E-state index is -4.69. The second-order valence-electron chi connectivity index (χ2n) is 14.9. The molecule has 0 radical (unpaired) electrons. The van der Waals surface area contributed by atoms with Crippen molar-refractivity contribution in [2.75, 3.05) is 45.7 Å². The number of likely N-dealkylation sites (tertiary alicyclic amines) is 1. The Hall–Kier alpha value is -4.86. The fraction of sp³-hybridized carbons (Fsp3) is 0.463.